The predicted octanol–water partition coefficient (Wildman–Crippen LogP) is 4.37. The molecule has 2 aromatic carbocycles. The van der Waals surface area contributed by atoms with Gasteiger partial charge in [-0.3, -0.25) is 0 Å². The van der Waals surface area contributed by atoms with Crippen molar-refractivity contribution in [3.05, 3.63) is 71.8 Å². The Hall–Kier alpha value is -2.06. The van der Waals surface area contributed by atoms with Crippen molar-refractivity contribution in [1.82, 2.24) is 0 Å². The van der Waals surface area contributed by atoms with E-state index in [1.54, 1.807) is 30.3 Å². The summed E-state index contributed by atoms with van der Waals surface area (Å²) in [4.78, 5) is 0. The van der Waals surface area contributed by atoms with Gasteiger partial charge in [0.1, 0.15) is 0 Å². The maximum Gasteiger partial charge on any atom is 0.408 e. The summed E-state index contributed by atoms with van der Waals surface area (Å²) in [6.45, 7) is 0. The van der Waals surface area contributed by atoms with Crippen LogP contribution in [0.1, 0.15) is 17.5 Å². The molecular formula is C19H19F6NO. The summed E-state index contributed by atoms with van der Waals surface area (Å²) in [5, 5.41) is 10.2. The first-order valence-corrected chi connectivity index (χ1v) is 8.18. The zero-order valence-electron chi connectivity index (χ0n) is 14.1. The van der Waals surface area contributed by atoms with Crippen LogP contribution in [0.3, 0.4) is 0 Å². The van der Waals surface area contributed by atoms with Crippen molar-refractivity contribution < 1.29 is 31.4 Å². The maximum atomic E-state index is 13.8. The summed E-state index contributed by atoms with van der Waals surface area (Å²) in [5.74, 6) is 0. The van der Waals surface area contributed by atoms with Gasteiger partial charge in [-0.1, -0.05) is 60.7 Å². The van der Waals surface area contributed by atoms with E-state index in [-0.39, 0.29) is 12.8 Å². The van der Waals surface area contributed by atoms with Crippen LogP contribution in [0.15, 0.2) is 60.7 Å². The average Bonchev–Trinajstić information content (AvgIpc) is 2.59. The molecule has 0 heterocycles. The molecular weight excluding hydrogens is 372 g/mol. The summed E-state index contributed by atoms with van der Waals surface area (Å²) in [6, 6.07) is 10.7. The Bertz CT molecular complexity index is 700. The van der Waals surface area contributed by atoms with Crippen LogP contribution in [0, 0.1) is 0 Å². The molecule has 0 aliphatic carbocycles. The van der Waals surface area contributed by atoms with Crippen LogP contribution in [0.5, 0.6) is 0 Å². The van der Waals surface area contributed by atoms with Gasteiger partial charge in [-0.15, -0.1) is 0 Å². The third kappa shape index (κ3) is 4.11. The van der Waals surface area contributed by atoms with Crippen LogP contribution in [-0.4, -0.2) is 29.6 Å². The van der Waals surface area contributed by atoms with Crippen LogP contribution in [0.25, 0.3) is 0 Å². The number of nitrogens with two attached hydrogens (primary N) is 1. The number of alkyl halides is 6. The van der Waals surface area contributed by atoms with Gasteiger partial charge in [0, 0.05) is 0 Å². The molecule has 2 nitrogen and oxygen atoms in total. The number of hydrogen-bond donors (Lipinski definition) is 2. The molecule has 2 unspecified atom stereocenters. The van der Waals surface area contributed by atoms with Gasteiger partial charge >= 0.3 is 12.4 Å². The monoisotopic (exact) mass is 391 g/mol. The van der Waals surface area contributed by atoms with Crippen molar-refractivity contribution in [3.8, 4) is 0 Å². The molecule has 0 aromatic heterocycles. The highest BCUT2D eigenvalue weighted by molar-refractivity contribution is 5.33. The first-order chi connectivity index (χ1) is 12.5. The van der Waals surface area contributed by atoms with Crippen LogP contribution in [-0.2, 0) is 11.8 Å². The lowest BCUT2D eigenvalue weighted by molar-refractivity contribution is -0.314. The second-order valence-electron chi connectivity index (χ2n) is 6.29. The van der Waals surface area contributed by atoms with E-state index in [1.165, 1.54) is 6.07 Å². The van der Waals surface area contributed by atoms with E-state index in [4.69, 9.17) is 5.73 Å². The second kappa shape index (κ2) is 7.90. The molecule has 8 heteroatoms. The molecule has 0 bridgehead atoms. The third-order valence-electron chi connectivity index (χ3n) is 4.61. The van der Waals surface area contributed by atoms with Gasteiger partial charge in [-0.2, -0.15) is 26.3 Å². The first kappa shape index (κ1) is 21.2. The van der Waals surface area contributed by atoms with Crippen LogP contribution >= 0.6 is 0 Å². The third-order valence-corrected chi connectivity index (χ3v) is 4.61. The van der Waals surface area contributed by atoms with Gasteiger partial charge in [0.25, 0.3) is 0 Å². The van der Waals surface area contributed by atoms with Crippen LogP contribution in [0.2, 0.25) is 0 Å². The largest absolute Gasteiger partial charge is 0.408 e. The van der Waals surface area contributed by atoms with Crippen LogP contribution < -0.4 is 5.73 Å². The Kier molecular flexibility index (Phi) is 6.21. The molecule has 2 aromatic rings. The minimum Gasteiger partial charge on any atom is -0.391 e. The molecule has 27 heavy (non-hydrogen) atoms. The molecule has 0 saturated carbocycles. The SMILES string of the molecule is NC(C(O)CCc1ccccc1)C(c1ccccc1)(C(F)(F)F)C(F)(F)F. The lowest BCUT2D eigenvalue weighted by Gasteiger charge is -2.43. The Labute approximate surface area is 152 Å². The van der Waals surface area contributed by atoms with E-state index in [1.807, 2.05) is 0 Å². The number of halogens is 6. The van der Waals surface area contributed by atoms with Crippen LogP contribution in [0.4, 0.5) is 26.3 Å². The van der Waals surface area contributed by atoms with Crippen molar-refractivity contribution in [2.45, 2.75) is 42.8 Å². The topological polar surface area (TPSA) is 46.2 Å². The van der Waals surface area contributed by atoms with Crippen molar-refractivity contribution in [2.75, 3.05) is 0 Å². The van der Waals surface area contributed by atoms with Gasteiger partial charge in [0.05, 0.1) is 12.1 Å². The van der Waals surface area contributed by atoms with Crippen molar-refractivity contribution in [3.63, 3.8) is 0 Å². The highest BCUT2D eigenvalue weighted by atomic mass is 19.4. The molecule has 0 saturated heterocycles. The maximum absolute atomic E-state index is 13.8. The van der Waals surface area contributed by atoms with Gasteiger partial charge in [0.15, 0.2) is 0 Å². The number of hydrogen-bond acceptors (Lipinski definition) is 2. The molecule has 2 atom stereocenters. The highest BCUT2D eigenvalue weighted by Gasteiger charge is 2.75. The predicted molar refractivity (Wildman–Crippen MR) is 89.0 cm³/mol. The molecule has 0 amide bonds. The number of benzene rings is 2. The minimum absolute atomic E-state index is 0.0935. The Morgan fingerprint density at radius 1 is 0.778 bits per heavy atom. The van der Waals surface area contributed by atoms with E-state index >= 15 is 0 Å². The summed E-state index contributed by atoms with van der Waals surface area (Å²) >= 11 is 0. The van der Waals surface area contributed by atoms with E-state index in [9.17, 15) is 31.4 Å². The van der Waals surface area contributed by atoms with E-state index in [0.717, 1.165) is 24.3 Å². The average molecular weight is 391 g/mol. The summed E-state index contributed by atoms with van der Waals surface area (Å²) in [7, 11) is 0. The van der Waals surface area contributed by atoms with Crippen molar-refractivity contribution in [1.29, 1.82) is 0 Å². The Balaban J connectivity index is 2.43. The van der Waals surface area contributed by atoms with Gasteiger partial charge in [-0.25, -0.2) is 0 Å². The van der Waals surface area contributed by atoms with Crippen molar-refractivity contribution >= 4 is 0 Å². The molecule has 3 N–H and O–H groups in total. The fraction of sp³-hybridized carbons (Fsp3) is 0.368. The molecule has 0 radical (unpaired) electrons. The normalized spacial score (nSPS) is 15.4. The highest BCUT2D eigenvalue weighted by Crippen LogP contribution is 2.54. The Morgan fingerprint density at radius 3 is 1.67 bits per heavy atom. The van der Waals surface area contributed by atoms with Gasteiger partial charge < -0.3 is 10.8 Å². The fourth-order valence-electron chi connectivity index (χ4n) is 3.19. The zero-order chi connectivity index (χ0) is 20.3. The molecule has 2 rings (SSSR count). The standard InChI is InChI=1S/C19H19F6NO/c20-18(21,22)17(19(23,24)25,14-9-5-2-6-10-14)16(26)15(27)12-11-13-7-3-1-4-8-13/h1-10,15-16,27H,11-12,26H2. The molecule has 0 fully saturated rings. The lowest BCUT2D eigenvalue weighted by Crippen LogP contribution is -2.67. The smallest absolute Gasteiger partial charge is 0.391 e. The molecule has 148 valence electrons. The van der Waals surface area contributed by atoms with E-state index in [2.05, 4.69) is 0 Å². The quantitative estimate of drug-likeness (QED) is 0.719. The summed E-state index contributed by atoms with van der Waals surface area (Å²) < 4.78 is 82.9. The molecule has 0 spiro atoms. The number of aryl methyl sites for hydroxylation is 1. The van der Waals surface area contributed by atoms with E-state index < -0.39 is 35.5 Å². The van der Waals surface area contributed by atoms with Gasteiger partial charge in [-0.05, 0) is 24.0 Å². The zero-order valence-corrected chi connectivity index (χ0v) is 14.1. The van der Waals surface area contributed by atoms with Crippen molar-refractivity contribution in [2.24, 2.45) is 5.73 Å². The lowest BCUT2D eigenvalue weighted by atomic mass is 9.70. The molecule has 0 aliphatic heterocycles. The first-order valence-electron chi connectivity index (χ1n) is 8.18. The number of rotatable bonds is 6. The molecule has 0 aliphatic rings. The van der Waals surface area contributed by atoms with E-state index in [0.29, 0.717) is 5.56 Å². The second-order valence-corrected chi connectivity index (χ2v) is 6.29. The Morgan fingerprint density at radius 2 is 1.22 bits per heavy atom. The minimum atomic E-state index is -5.75. The summed E-state index contributed by atoms with van der Waals surface area (Å²) in [6.07, 6.45) is -13.8. The summed E-state index contributed by atoms with van der Waals surface area (Å²) in [5.41, 5.74) is 0.726. The fourth-order valence-corrected chi connectivity index (χ4v) is 3.19. The number of aliphatic hydroxyl groups is 1. The number of aliphatic hydroxyl groups excluding tert-OH is 1. The van der Waals surface area contributed by atoms with Gasteiger partial charge in [0.2, 0.25) is 5.41 Å².